The topological polar surface area (TPSA) is 71.4 Å². The fourth-order valence-corrected chi connectivity index (χ4v) is 2.70. The first kappa shape index (κ1) is 19.9. The van der Waals surface area contributed by atoms with Gasteiger partial charge < -0.3 is 14.8 Å². The molecule has 6 heteroatoms. The van der Waals surface area contributed by atoms with Crippen molar-refractivity contribution >= 4 is 17.5 Å². The first-order chi connectivity index (χ1) is 11.0. The van der Waals surface area contributed by atoms with E-state index in [0.29, 0.717) is 12.0 Å². The molecule has 0 spiro atoms. The van der Waals surface area contributed by atoms with Crippen molar-refractivity contribution in [2.75, 3.05) is 5.32 Å². The monoisotopic (exact) mass is 335 g/mol. The second kappa shape index (κ2) is 8.13. The van der Waals surface area contributed by atoms with E-state index in [1.807, 2.05) is 41.5 Å². The van der Waals surface area contributed by atoms with Gasteiger partial charge in [0.05, 0.1) is 5.56 Å². The van der Waals surface area contributed by atoms with Crippen LogP contribution < -0.4 is 10.9 Å². The summed E-state index contributed by atoms with van der Waals surface area (Å²) in [6, 6.07) is 1.54. The molecule has 0 aliphatic heterocycles. The molecule has 0 aliphatic carbocycles. The highest BCUT2D eigenvalue weighted by Crippen LogP contribution is 2.14. The number of nitrogens with one attached hydrogen (secondary N) is 1. The zero-order valence-electron chi connectivity index (χ0n) is 15.7. The molecule has 6 nitrogen and oxygen atoms in total. The van der Waals surface area contributed by atoms with Gasteiger partial charge in [-0.3, -0.25) is 14.4 Å². The standard InChI is InChI=1S/C18H29N3O3/c1-11(2)8-16(22)19-15-9-14(10-20(7)18(15)24)17(23)21(12(3)4)13(5)6/h9-13H,8H2,1-7H3,(H,19,22). The van der Waals surface area contributed by atoms with Gasteiger partial charge in [-0.1, -0.05) is 13.8 Å². The SMILES string of the molecule is CC(C)CC(=O)Nc1cc(C(=O)N(C(C)C)C(C)C)cn(C)c1=O. The van der Waals surface area contributed by atoms with Gasteiger partial charge in [-0.15, -0.1) is 0 Å². The molecule has 0 radical (unpaired) electrons. The number of anilines is 1. The molecule has 2 amide bonds. The summed E-state index contributed by atoms with van der Waals surface area (Å²) in [4.78, 5) is 38.7. The highest BCUT2D eigenvalue weighted by molar-refractivity contribution is 5.97. The quantitative estimate of drug-likeness (QED) is 0.868. The Kier molecular flexibility index (Phi) is 6.75. The van der Waals surface area contributed by atoms with Crippen molar-refractivity contribution in [2.45, 2.75) is 60.0 Å². The smallest absolute Gasteiger partial charge is 0.274 e. The summed E-state index contributed by atoms with van der Waals surface area (Å²) in [5.74, 6) is -0.192. The Balaban J connectivity index is 3.21. The number of nitrogens with zero attached hydrogens (tertiary/aromatic N) is 2. The van der Waals surface area contributed by atoms with Gasteiger partial charge in [0.25, 0.3) is 11.5 Å². The van der Waals surface area contributed by atoms with Crippen LogP contribution in [0.3, 0.4) is 0 Å². The molecule has 134 valence electrons. The summed E-state index contributed by atoms with van der Waals surface area (Å²) in [7, 11) is 1.58. The van der Waals surface area contributed by atoms with Gasteiger partial charge in [0.1, 0.15) is 5.69 Å². The number of aromatic nitrogens is 1. The number of rotatable bonds is 6. The maximum absolute atomic E-state index is 12.8. The van der Waals surface area contributed by atoms with Crippen LogP contribution in [0, 0.1) is 5.92 Å². The maximum atomic E-state index is 12.8. The normalized spacial score (nSPS) is 11.2. The zero-order chi connectivity index (χ0) is 18.6. The van der Waals surface area contributed by atoms with Gasteiger partial charge >= 0.3 is 0 Å². The van der Waals surface area contributed by atoms with Crippen molar-refractivity contribution in [3.8, 4) is 0 Å². The van der Waals surface area contributed by atoms with Gasteiger partial charge in [-0.2, -0.15) is 0 Å². The van der Waals surface area contributed by atoms with Gasteiger partial charge in [-0.05, 0) is 39.7 Å². The van der Waals surface area contributed by atoms with Crippen LogP contribution in [0.2, 0.25) is 0 Å². The molecule has 0 bridgehead atoms. The van der Waals surface area contributed by atoms with E-state index in [1.165, 1.54) is 16.8 Å². The summed E-state index contributed by atoms with van der Waals surface area (Å²) in [6.45, 7) is 11.7. The van der Waals surface area contributed by atoms with Crippen molar-refractivity contribution in [3.63, 3.8) is 0 Å². The largest absolute Gasteiger partial charge is 0.334 e. The molecule has 0 aromatic carbocycles. The molecule has 0 unspecified atom stereocenters. The second-order valence-electron chi connectivity index (χ2n) is 7.10. The van der Waals surface area contributed by atoms with E-state index in [-0.39, 0.29) is 41.1 Å². The summed E-state index contributed by atoms with van der Waals surface area (Å²) < 4.78 is 1.33. The minimum absolute atomic E-state index is 0.0358. The molecular formula is C18H29N3O3. The van der Waals surface area contributed by atoms with E-state index in [0.717, 1.165) is 0 Å². The molecule has 0 atom stereocenters. The van der Waals surface area contributed by atoms with Crippen molar-refractivity contribution < 1.29 is 9.59 Å². The van der Waals surface area contributed by atoms with Gasteiger partial charge in [0.2, 0.25) is 5.91 Å². The number of aryl methyl sites for hydroxylation is 1. The van der Waals surface area contributed by atoms with E-state index in [9.17, 15) is 14.4 Å². The highest BCUT2D eigenvalue weighted by Gasteiger charge is 2.23. The van der Waals surface area contributed by atoms with Crippen LogP contribution in [-0.2, 0) is 11.8 Å². The zero-order valence-corrected chi connectivity index (χ0v) is 15.7. The molecule has 0 saturated carbocycles. The van der Waals surface area contributed by atoms with E-state index < -0.39 is 0 Å². The van der Waals surface area contributed by atoms with E-state index in [2.05, 4.69) is 5.32 Å². The fourth-order valence-electron chi connectivity index (χ4n) is 2.70. The number of hydrogen-bond donors (Lipinski definition) is 1. The summed E-state index contributed by atoms with van der Waals surface area (Å²) in [5.41, 5.74) is 0.199. The Bertz CT molecular complexity index is 652. The lowest BCUT2D eigenvalue weighted by Gasteiger charge is -2.31. The third-order valence-corrected chi connectivity index (χ3v) is 3.65. The average molecular weight is 335 g/mol. The van der Waals surface area contributed by atoms with Crippen LogP contribution in [0.4, 0.5) is 5.69 Å². The van der Waals surface area contributed by atoms with Crippen molar-refractivity contribution in [2.24, 2.45) is 13.0 Å². The molecule has 1 N–H and O–H groups in total. The number of hydrogen-bond acceptors (Lipinski definition) is 3. The van der Waals surface area contributed by atoms with Crippen LogP contribution in [0.5, 0.6) is 0 Å². The third kappa shape index (κ3) is 4.94. The highest BCUT2D eigenvalue weighted by atomic mass is 16.2. The number of amides is 2. The first-order valence-corrected chi connectivity index (χ1v) is 8.37. The Morgan fingerprint density at radius 3 is 2.12 bits per heavy atom. The molecule has 1 aromatic heterocycles. The molecule has 0 saturated heterocycles. The van der Waals surface area contributed by atoms with E-state index in [4.69, 9.17) is 0 Å². The minimum atomic E-state index is -0.329. The Labute approximate surface area is 143 Å². The number of carbonyl (C=O) groups excluding carboxylic acids is 2. The van der Waals surface area contributed by atoms with Gasteiger partial charge in [0.15, 0.2) is 0 Å². The third-order valence-electron chi connectivity index (χ3n) is 3.65. The van der Waals surface area contributed by atoms with Crippen LogP contribution in [-0.4, -0.2) is 33.4 Å². The lowest BCUT2D eigenvalue weighted by Crippen LogP contribution is -2.42. The average Bonchev–Trinajstić information content (AvgIpc) is 2.41. The molecule has 1 rings (SSSR count). The van der Waals surface area contributed by atoms with Crippen LogP contribution in [0.15, 0.2) is 17.1 Å². The molecular weight excluding hydrogens is 306 g/mol. The van der Waals surface area contributed by atoms with Crippen molar-refractivity contribution in [1.82, 2.24) is 9.47 Å². The van der Waals surface area contributed by atoms with Gasteiger partial charge in [0, 0.05) is 31.7 Å². The fraction of sp³-hybridized carbons (Fsp3) is 0.611. The molecule has 24 heavy (non-hydrogen) atoms. The van der Waals surface area contributed by atoms with Crippen LogP contribution >= 0.6 is 0 Å². The van der Waals surface area contributed by atoms with Crippen LogP contribution in [0.25, 0.3) is 0 Å². The summed E-state index contributed by atoms with van der Waals surface area (Å²) in [5, 5.41) is 2.63. The van der Waals surface area contributed by atoms with E-state index >= 15 is 0 Å². The lowest BCUT2D eigenvalue weighted by atomic mass is 10.1. The predicted octanol–water partition coefficient (Wildman–Crippen LogP) is 2.63. The molecule has 1 heterocycles. The Hall–Kier alpha value is -2.11. The van der Waals surface area contributed by atoms with Crippen molar-refractivity contribution in [1.29, 1.82) is 0 Å². The molecule has 1 aromatic rings. The van der Waals surface area contributed by atoms with E-state index in [1.54, 1.807) is 11.9 Å². The number of carbonyl (C=O) groups is 2. The first-order valence-electron chi connectivity index (χ1n) is 8.37. The van der Waals surface area contributed by atoms with Crippen molar-refractivity contribution in [3.05, 3.63) is 28.2 Å². The maximum Gasteiger partial charge on any atom is 0.274 e. The Morgan fingerprint density at radius 2 is 1.67 bits per heavy atom. The predicted molar refractivity (Wildman–Crippen MR) is 96.2 cm³/mol. The number of pyridine rings is 1. The lowest BCUT2D eigenvalue weighted by molar-refractivity contribution is -0.116. The van der Waals surface area contributed by atoms with Crippen LogP contribution in [0.1, 0.15) is 58.3 Å². The second-order valence-corrected chi connectivity index (χ2v) is 7.10. The summed E-state index contributed by atoms with van der Waals surface area (Å²) in [6.07, 6.45) is 1.84. The minimum Gasteiger partial charge on any atom is -0.334 e. The Morgan fingerprint density at radius 1 is 1.12 bits per heavy atom. The molecule has 0 fully saturated rings. The summed E-state index contributed by atoms with van der Waals surface area (Å²) >= 11 is 0. The molecule has 0 aliphatic rings. The van der Waals surface area contributed by atoms with Gasteiger partial charge in [-0.25, -0.2) is 0 Å².